The van der Waals surface area contributed by atoms with Crippen LogP contribution in [0.25, 0.3) is 11.1 Å². The van der Waals surface area contributed by atoms with Gasteiger partial charge in [-0.3, -0.25) is 9.58 Å². The van der Waals surface area contributed by atoms with Gasteiger partial charge in [-0.15, -0.1) is 0 Å². The van der Waals surface area contributed by atoms with Gasteiger partial charge in [-0.05, 0) is 53.5 Å². The fourth-order valence-corrected chi connectivity index (χ4v) is 6.91. The number of piperazine rings is 1. The van der Waals surface area contributed by atoms with Crippen molar-refractivity contribution >= 4 is 44.8 Å². The van der Waals surface area contributed by atoms with Crippen LogP contribution in [0.4, 0.5) is 28.8 Å². The van der Waals surface area contributed by atoms with Crippen molar-refractivity contribution in [3.63, 3.8) is 0 Å². The maximum Gasteiger partial charge on any atom is 0.229 e. The molecular formula is C33H40BrN9O2. The Morgan fingerprint density at radius 1 is 0.978 bits per heavy atom. The molecule has 2 aromatic carbocycles. The van der Waals surface area contributed by atoms with Crippen LogP contribution in [-0.4, -0.2) is 95.6 Å². The second-order valence-electron chi connectivity index (χ2n) is 12.1. The number of halogens is 1. The Hall–Kier alpha value is -3.87. The summed E-state index contributed by atoms with van der Waals surface area (Å²) < 4.78 is 14.4. The SMILES string of the molecule is COc1cc(N2CCC(N3CCN(C)CC3)CC2)c(-c2cnn(C)c2)cc1Nc1ncc(Br)c(Nc2cccc3c2OCC3)n1. The fraction of sp³-hybridized carbons (Fsp3) is 0.424. The van der Waals surface area contributed by atoms with Gasteiger partial charge in [-0.1, -0.05) is 12.1 Å². The summed E-state index contributed by atoms with van der Waals surface area (Å²) >= 11 is 3.61. The topological polar surface area (TPSA) is 95.8 Å². The molecule has 0 amide bonds. The molecule has 7 rings (SSSR count). The fourth-order valence-electron chi connectivity index (χ4n) is 6.62. The molecule has 0 saturated carbocycles. The number of aromatic nitrogens is 4. The number of para-hydroxylation sites is 1. The van der Waals surface area contributed by atoms with E-state index < -0.39 is 0 Å². The number of likely N-dealkylation sites (N-methyl/N-ethyl adjacent to an activating group) is 1. The van der Waals surface area contributed by atoms with Gasteiger partial charge in [0.15, 0.2) is 0 Å². The van der Waals surface area contributed by atoms with Crippen molar-refractivity contribution in [3.8, 4) is 22.6 Å². The maximum absolute atomic E-state index is 5.95. The Labute approximate surface area is 272 Å². The monoisotopic (exact) mass is 673 g/mol. The van der Waals surface area contributed by atoms with Crippen molar-refractivity contribution in [1.29, 1.82) is 0 Å². The van der Waals surface area contributed by atoms with Crippen molar-refractivity contribution in [3.05, 3.63) is 59.0 Å². The number of rotatable bonds is 8. The van der Waals surface area contributed by atoms with Crippen molar-refractivity contribution in [1.82, 2.24) is 29.5 Å². The first kappa shape index (κ1) is 29.8. The molecule has 0 unspecified atom stereocenters. The van der Waals surface area contributed by atoms with E-state index in [-0.39, 0.29) is 0 Å². The largest absolute Gasteiger partial charge is 0.494 e. The molecule has 2 fully saturated rings. The predicted octanol–water partition coefficient (Wildman–Crippen LogP) is 5.29. The number of hydrogen-bond acceptors (Lipinski definition) is 10. The highest BCUT2D eigenvalue weighted by Crippen LogP contribution is 2.42. The minimum atomic E-state index is 0.449. The van der Waals surface area contributed by atoms with Gasteiger partial charge >= 0.3 is 0 Å². The molecule has 0 radical (unpaired) electrons. The lowest BCUT2D eigenvalue weighted by Crippen LogP contribution is -2.52. The van der Waals surface area contributed by atoms with E-state index in [2.05, 4.69) is 82.8 Å². The number of nitrogens with one attached hydrogen (secondary N) is 2. The van der Waals surface area contributed by atoms with Gasteiger partial charge in [-0.2, -0.15) is 10.1 Å². The lowest BCUT2D eigenvalue weighted by Gasteiger charge is -2.43. The third-order valence-electron chi connectivity index (χ3n) is 9.15. The molecule has 236 valence electrons. The second-order valence-corrected chi connectivity index (χ2v) is 12.9. The third kappa shape index (κ3) is 6.31. The van der Waals surface area contributed by atoms with E-state index >= 15 is 0 Å². The molecule has 5 heterocycles. The quantitative estimate of drug-likeness (QED) is 0.257. The summed E-state index contributed by atoms with van der Waals surface area (Å²) in [6.07, 6.45) is 8.93. The number of benzene rings is 2. The summed E-state index contributed by atoms with van der Waals surface area (Å²) in [7, 11) is 5.87. The maximum atomic E-state index is 5.95. The molecule has 0 atom stereocenters. The number of piperidine rings is 1. The Balaban J connectivity index is 1.16. The number of aryl methyl sites for hydroxylation is 1. The number of hydrogen-bond donors (Lipinski definition) is 2. The molecule has 0 spiro atoms. The highest BCUT2D eigenvalue weighted by molar-refractivity contribution is 9.10. The zero-order chi connectivity index (χ0) is 30.9. The first-order valence-corrected chi connectivity index (χ1v) is 16.4. The minimum Gasteiger partial charge on any atom is -0.494 e. The molecule has 11 nitrogen and oxygen atoms in total. The zero-order valence-corrected chi connectivity index (χ0v) is 27.7. The van der Waals surface area contributed by atoms with E-state index in [9.17, 15) is 0 Å². The number of methoxy groups -OCH3 is 1. The Morgan fingerprint density at radius 3 is 2.56 bits per heavy atom. The molecular weight excluding hydrogens is 634 g/mol. The first-order valence-electron chi connectivity index (χ1n) is 15.6. The Morgan fingerprint density at radius 2 is 1.80 bits per heavy atom. The summed E-state index contributed by atoms with van der Waals surface area (Å²) in [6, 6.07) is 11.0. The van der Waals surface area contributed by atoms with Gasteiger partial charge < -0.3 is 29.9 Å². The van der Waals surface area contributed by atoms with Crippen LogP contribution in [0.3, 0.4) is 0 Å². The lowest BCUT2D eigenvalue weighted by molar-refractivity contribution is 0.0982. The smallest absolute Gasteiger partial charge is 0.229 e. The summed E-state index contributed by atoms with van der Waals surface area (Å²) in [4.78, 5) is 17.0. The molecule has 12 heteroatoms. The van der Waals surface area contributed by atoms with E-state index in [4.69, 9.17) is 14.5 Å². The molecule has 3 aliphatic heterocycles. The normalized spacial score (nSPS) is 17.6. The van der Waals surface area contributed by atoms with Gasteiger partial charge in [0.1, 0.15) is 17.3 Å². The highest BCUT2D eigenvalue weighted by atomic mass is 79.9. The summed E-state index contributed by atoms with van der Waals surface area (Å²) in [5.74, 6) is 2.70. The molecule has 3 aliphatic rings. The van der Waals surface area contributed by atoms with Crippen LogP contribution in [0.15, 0.2) is 53.4 Å². The van der Waals surface area contributed by atoms with E-state index in [1.165, 1.54) is 5.56 Å². The highest BCUT2D eigenvalue weighted by Gasteiger charge is 2.29. The summed E-state index contributed by atoms with van der Waals surface area (Å²) in [5.41, 5.74) is 6.16. The Kier molecular flexibility index (Phi) is 8.52. The number of fused-ring (bicyclic) bond motifs is 1. The number of anilines is 5. The second kappa shape index (κ2) is 12.9. The Bertz CT molecular complexity index is 1660. The van der Waals surface area contributed by atoms with Crippen LogP contribution in [0.2, 0.25) is 0 Å². The molecule has 0 bridgehead atoms. The van der Waals surface area contributed by atoms with E-state index in [0.717, 1.165) is 103 Å². The molecule has 0 aliphatic carbocycles. The molecule has 2 saturated heterocycles. The van der Waals surface area contributed by atoms with Gasteiger partial charge in [0.05, 0.1) is 35.8 Å². The lowest BCUT2D eigenvalue weighted by atomic mass is 9.98. The van der Waals surface area contributed by atoms with Gasteiger partial charge in [0, 0.05) is 94.1 Å². The zero-order valence-electron chi connectivity index (χ0n) is 26.1. The van der Waals surface area contributed by atoms with Gasteiger partial charge in [0.25, 0.3) is 0 Å². The first-order chi connectivity index (χ1) is 21.9. The standard InChI is InChI=1S/C33H40BrN9O2/c1-40-12-14-42(15-13-40)24-7-10-43(11-8-24)29-18-30(44-3)28(17-25(29)23-19-36-41(2)21-23)38-33-35-20-26(34)32(39-33)37-27-6-4-5-22-9-16-45-31(22)27/h4-6,17-21,24H,7-16H2,1-3H3,(H2,35,37,38,39). The van der Waals surface area contributed by atoms with Crippen molar-refractivity contribution in [2.75, 3.05) is 75.6 Å². The van der Waals surface area contributed by atoms with Crippen LogP contribution in [0.1, 0.15) is 18.4 Å². The summed E-state index contributed by atoms with van der Waals surface area (Å²) in [6.45, 7) is 7.31. The van der Waals surface area contributed by atoms with E-state index in [1.807, 2.05) is 30.1 Å². The predicted molar refractivity (Wildman–Crippen MR) is 181 cm³/mol. The molecule has 2 N–H and O–H groups in total. The van der Waals surface area contributed by atoms with Crippen molar-refractivity contribution < 1.29 is 9.47 Å². The molecule has 2 aromatic heterocycles. The van der Waals surface area contributed by atoms with Crippen molar-refractivity contribution in [2.45, 2.75) is 25.3 Å². The minimum absolute atomic E-state index is 0.449. The average molecular weight is 675 g/mol. The van der Waals surface area contributed by atoms with Crippen LogP contribution in [-0.2, 0) is 13.5 Å². The van der Waals surface area contributed by atoms with Gasteiger partial charge in [0.2, 0.25) is 5.95 Å². The van der Waals surface area contributed by atoms with Crippen molar-refractivity contribution in [2.24, 2.45) is 7.05 Å². The van der Waals surface area contributed by atoms with Crippen LogP contribution < -0.4 is 25.0 Å². The number of nitrogens with zero attached hydrogens (tertiary/aromatic N) is 7. The van der Waals surface area contributed by atoms with Crippen LogP contribution in [0.5, 0.6) is 11.5 Å². The van der Waals surface area contributed by atoms with E-state index in [1.54, 1.807) is 13.3 Å². The molecule has 45 heavy (non-hydrogen) atoms. The summed E-state index contributed by atoms with van der Waals surface area (Å²) in [5, 5.41) is 11.4. The molecule has 4 aromatic rings. The van der Waals surface area contributed by atoms with Crippen LogP contribution >= 0.6 is 15.9 Å². The number of ether oxygens (including phenoxy) is 2. The van der Waals surface area contributed by atoms with E-state index in [0.29, 0.717) is 24.4 Å². The van der Waals surface area contributed by atoms with Crippen LogP contribution in [0, 0.1) is 0 Å². The average Bonchev–Trinajstić information content (AvgIpc) is 3.73. The third-order valence-corrected chi connectivity index (χ3v) is 9.73. The van der Waals surface area contributed by atoms with Gasteiger partial charge in [-0.25, -0.2) is 4.98 Å².